The lowest BCUT2D eigenvalue weighted by atomic mass is 10.0. The average molecular weight is 1050 g/mol. The molecule has 0 aliphatic heterocycles. The Morgan fingerprint density at radius 3 is 1.03 bits per heavy atom. The maximum absolute atomic E-state index is 12.5. The van der Waals surface area contributed by atoms with Crippen LogP contribution in [0.5, 0.6) is 0 Å². The van der Waals surface area contributed by atoms with E-state index in [1.165, 1.54) is 257 Å². The Labute approximate surface area is 467 Å². The van der Waals surface area contributed by atoms with Gasteiger partial charge in [-0.1, -0.05) is 293 Å². The molecule has 6 nitrogen and oxygen atoms in total. The number of nitrogens with one attached hydrogen (secondary N) is 1. The molecule has 0 aromatic heterocycles. The maximum atomic E-state index is 12.5. The van der Waals surface area contributed by atoms with Crippen molar-refractivity contribution in [3.05, 3.63) is 60.8 Å². The highest BCUT2D eigenvalue weighted by molar-refractivity contribution is 5.76. The molecule has 2 atom stereocenters. The van der Waals surface area contributed by atoms with Crippen molar-refractivity contribution in [1.29, 1.82) is 0 Å². The average Bonchev–Trinajstić information content (AvgIpc) is 3.41. The molecule has 0 bridgehead atoms. The van der Waals surface area contributed by atoms with E-state index in [1.807, 2.05) is 6.08 Å². The minimum atomic E-state index is -0.849. The van der Waals surface area contributed by atoms with Crippen LogP contribution in [0.2, 0.25) is 0 Å². The Bertz CT molecular complexity index is 1300. The van der Waals surface area contributed by atoms with Crippen LogP contribution in [0.3, 0.4) is 0 Å². The van der Waals surface area contributed by atoms with Crippen LogP contribution in [-0.4, -0.2) is 47.4 Å². The quantitative estimate of drug-likeness (QED) is 0.0320. The molecule has 2 unspecified atom stereocenters. The van der Waals surface area contributed by atoms with E-state index in [-0.39, 0.29) is 18.5 Å². The fourth-order valence-electron chi connectivity index (χ4n) is 9.93. The van der Waals surface area contributed by atoms with Gasteiger partial charge in [0.2, 0.25) is 5.91 Å². The predicted molar refractivity (Wildman–Crippen MR) is 328 cm³/mol. The number of carbonyl (C=O) groups is 2. The third-order valence-corrected chi connectivity index (χ3v) is 15.0. The van der Waals surface area contributed by atoms with Crippen LogP contribution >= 0.6 is 0 Å². The molecule has 75 heavy (non-hydrogen) atoms. The molecule has 6 heteroatoms. The number of rotatable bonds is 61. The number of carbonyl (C=O) groups excluding carboxylic acids is 2. The van der Waals surface area contributed by atoms with Gasteiger partial charge >= 0.3 is 5.97 Å². The summed E-state index contributed by atoms with van der Waals surface area (Å²) >= 11 is 0. The first-order valence-corrected chi connectivity index (χ1v) is 33.1. The highest BCUT2D eigenvalue weighted by Gasteiger charge is 2.18. The predicted octanol–water partition coefficient (Wildman–Crippen LogP) is 21.1. The molecule has 1 amide bonds. The molecule has 0 spiro atoms. The fraction of sp³-hybridized carbons (Fsp3) is 0.826. The number of unbranched alkanes of at least 4 members (excludes halogenated alkanes) is 42. The van der Waals surface area contributed by atoms with Crippen LogP contribution in [0.1, 0.15) is 341 Å². The van der Waals surface area contributed by atoms with Gasteiger partial charge in [0.1, 0.15) is 0 Å². The molecule has 0 rings (SSSR count). The Morgan fingerprint density at radius 1 is 0.373 bits per heavy atom. The lowest BCUT2D eigenvalue weighted by Crippen LogP contribution is -2.45. The van der Waals surface area contributed by atoms with E-state index in [4.69, 9.17) is 4.74 Å². The summed E-state index contributed by atoms with van der Waals surface area (Å²) in [6.45, 7) is 4.89. The number of allylic oxidation sites excluding steroid dienone is 9. The van der Waals surface area contributed by atoms with Crippen LogP contribution in [0.25, 0.3) is 0 Å². The van der Waals surface area contributed by atoms with Crippen molar-refractivity contribution < 1.29 is 24.5 Å². The Morgan fingerprint density at radius 2 is 0.667 bits per heavy atom. The lowest BCUT2D eigenvalue weighted by molar-refractivity contribution is -0.143. The van der Waals surface area contributed by atoms with Crippen molar-refractivity contribution in [3.8, 4) is 0 Å². The van der Waals surface area contributed by atoms with Crippen LogP contribution in [0, 0.1) is 0 Å². The highest BCUT2D eigenvalue weighted by atomic mass is 16.5. The second-order valence-corrected chi connectivity index (χ2v) is 22.4. The highest BCUT2D eigenvalue weighted by Crippen LogP contribution is 2.17. The summed E-state index contributed by atoms with van der Waals surface area (Å²) in [5.74, 6) is -0.0729. The number of hydrogen-bond acceptors (Lipinski definition) is 5. The SMILES string of the molecule is CCCCCC/C=C\C/C=C\CCCCCCCCCC(=O)OCCCCCCCCCCC/C=C\C/C=C\CCCCCCCCCCCC(=O)NC(CO)C(O)/C=C/CCCCCCCCCCCCCCC. The summed E-state index contributed by atoms with van der Waals surface area (Å²) in [5.41, 5.74) is 0. The van der Waals surface area contributed by atoms with E-state index in [0.29, 0.717) is 19.4 Å². The second-order valence-electron chi connectivity index (χ2n) is 22.4. The molecule has 0 fully saturated rings. The van der Waals surface area contributed by atoms with Crippen LogP contribution in [0.4, 0.5) is 0 Å². The van der Waals surface area contributed by atoms with Gasteiger partial charge in [-0.15, -0.1) is 0 Å². The zero-order valence-electron chi connectivity index (χ0n) is 50.0. The number of esters is 1. The number of ether oxygens (including phenoxy) is 1. The smallest absolute Gasteiger partial charge is 0.305 e. The summed E-state index contributed by atoms with van der Waals surface area (Å²) < 4.78 is 5.49. The molecule has 0 aliphatic rings. The Hall–Kier alpha value is -2.44. The molecule has 3 N–H and O–H groups in total. The molecule has 0 saturated carbocycles. The second kappa shape index (κ2) is 64.1. The molecular weight excluding hydrogens is 923 g/mol. The summed E-state index contributed by atoms with van der Waals surface area (Å²) in [4.78, 5) is 24.6. The standard InChI is InChI=1S/C69H127NO5/c1-3-5-7-9-11-13-15-17-19-20-31-35-39-43-47-51-55-59-63-69(74)75-64-60-56-52-48-44-40-36-32-29-27-25-23-21-22-24-26-28-30-34-38-42-46-50-54-58-62-68(73)70-66(65-71)67(72)61-57-53-49-45-41-37-33-18-16-14-12-10-8-6-4-2/h13,15,19-20,22-25,57,61,66-67,71-72H,3-12,14,16-18,21,26-56,58-60,62-65H2,1-2H3,(H,70,73)/b15-13-,20-19-,24-22-,25-23-,61-57+. The monoisotopic (exact) mass is 1050 g/mol. The summed E-state index contributed by atoms with van der Waals surface area (Å²) in [7, 11) is 0. The third kappa shape index (κ3) is 60.6. The van der Waals surface area contributed by atoms with Crippen LogP contribution in [0.15, 0.2) is 60.8 Å². The lowest BCUT2D eigenvalue weighted by Gasteiger charge is -2.20. The van der Waals surface area contributed by atoms with E-state index in [1.54, 1.807) is 6.08 Å². The number of aliphatic hydroxyl groups is 2. The Kier molecular flexibility index (Phi) is 62.0. The first kappa shape index (κ1) is 72.6. The van der Waals surface area contributed by atoms with Crippen molar-refractivity contribution in [3.63, 3.8) is 0 Å². The summed E-state index contributed by atoms with van der Waals surface area (Å²) in [6.07, 6.45) is 84.1. The topological polar surface area (TPSA) is 95.9 Å². The van der Waals surface area contributed by atoms with Crippen molar-refractivity contribution in [2.75, 3.05) is 13.2 Å². The molecule has 0 saturated heterocycles. The molecule has 0 aromatic carbocycles. The molecule has 0 aromatic rings. The van der Waals surface area contributed by atoms with E-state index in [2.05, 4.69) is 67.8 Å². The number of aliphatic hydroxyl groups excluding tert-OH is 2. The fourth-order valence-corrected chi connectivity index (χ4v) is 9.93. The van der Waals surface area contributed by atoms with Crippen LogP contribution in [-0.2, 0) is 14.3 Å². The van der Waals surface area contributed by atoms with Gasteiger partial charge in [0.15, 0.2) is 0 Å². The molecule has 438 valence electrons. The summed E-state index contributed by atoms with van der Waals surface area (Å²) in [6, 6.07) is -0.634. The van der Waals surface area contributed by atoms with Gasteiger partial charge in [0, 0.05) is 12.8 Å². The van der Waals surface area contributed by atoms with Gasteiger partial charge in [0.25, 0.3) is 0 Å². The maximum Gasteiger partial charge on any atom is 0.305 e. The normalized spacial score (nSPS) is 13.0. The Balaban J connectivity index is 3.45. The zero-order chi connectivity index (χ0) is 54.3. The van der Waals surface area contributed by atoms with Gasteiger partial charge in [-0.25, -0.2) is 0 Å². The molecule has 0 radical (unpaired) electrons. The van der Waals surface area contributed by atoms with E-state index in [0.717, 1.165) is 57.8 Å². The summed E-state index contributed by atoms with van der Waals surface area (Å²) in [5, 5.41) is 23.1. The van der Waals surface area contributed by atoms with Gasteiger partial charge in [-0.2, -0.15) is 0 Å². The minimum absolute atomic E-state index is 0.000858. The van der Waals surface area contributed by atoms with Gasteiger partial charge in [-0.05, 0) is 96.3 Å². The van der Waals surface area contributed by atoms with E-state index < -0.39 is 12.1 Å². The number of hydrogen-bond donors (Lipinski definition) is 3. The molecule has 0 aliphatic carbocycles. The van der Waals surface area contributed by atoms with Crippen molar-refractivity contribution in [2.24, 2.45) is 0 Å². The van der Waals surface area contributed by atoms with Gasteiger partial charge in [0.05, 0.1) is 25.4 Å². The molecular formula is C69H127NO5. The third-order valence-electron chi connectivity index (χ3n) is 15.0. The van der Waals surface area contributed by atoms with Gasteiger partial charge in [-0.3, -0.25) is 9.59 Å². The largest absolute Gasteiger partial charge is 0.466 e. The van der Waals surface area contributed by atoms with Gasteiger partial charge < -0.3 is 20.3 Å². The van der Waals surface area contributed by atoms with Crippen LogP contribution < -0.4 is 5.32 Å². The minimum Gasteiger partial charge on any atom is -0.466 e. The molecule has 0 heterocycles. The van der Waals surface area contributed by atoms with Crippen molar-refractivity contribution in [2.45, 2.75) is 353 Å². The first-order valence-electron chi connectivity index (χ1n) is 33.1. The van der Waals surface area contributed by atoms with E-state index in [9.17, 15) is 19.8 Å². The number of amides is 1. The zero-order valence-corrected chi connectivity index (χ0v) is 50.0. The first-order chi connectivity index (χ1) is 37.0. The van der Waals surface area contributed by atoms with Crippen molar-refractivity contribution >= 4 is 11.9 Å². The van der Waals surface area contributed by atoms with Crippen molar-refractivity contribution in [1.82, 2.24) is 5.32 Å². The van der Waals surface area contributed by atoms with E-state index >= 15 is 0 Å².